The van der Waals surface area contributed by atoms with E-state index in [-0.39, 0.29) is 31.5 Å². The molecule has 73 heavy (non-hydrogen) atoms. The molecule has 0 rings (SSSR count). The lowest BCUT2D eigenvalue weighted by molar-refractivity contribution is -0.870. The largest absolute Gasteiger partial charge is 0.472 e. The molecule has 0 saturated carbocycles. The van der Waals surface area contributed by atoms with Crippen LogP contribution in [0.2, 0.25) is 0 Å². The van der Waals surface area contributed by atoms with Gasteiger partial charge in [0.25, 0.3) is 0 Å². The van der Waals surface area contributed by atoms with Crippen LogP contribution in [0.15, 0.2) is 72.9 Å². The average Bonchev–Trinajstić information content (AvgIpc) is 3.35. The highest BCUT2D eigenvalue weighted by Crippen LogP contribution is 2.43. The fourth-order valence-electron chi connectivity index (χ4n) is 8.37. The predicted octanol–water partition coefficient (Wildman–Crippen LogP) is 18.4. The molecule has 0 aromatic heterocycles. The van der Waals surface area contributed by atoms with Gasteiger partial charge in [-0.15, -0.1) is 0 Å². The maximum atomic E-state index is 13.5. The van der Waals surface area contributed by atoms with Gasteiger partial charge in [-0.25, -0.2) is 4.57 Å². The van der Waals surface area contributed by atoms with Crippen molar-refractivity contribution in [3.63, 3.8) is 0 Å². The van der Waals surface area contributed by atoms with Gasteiger partial charge < -0.3 is 19.4 Å². The Morgan fingerprint density at radius 3 is 1.33 bits per heavy atom. The zero-order valence-corrected chi connectivity index (χ0v) is 49.3. The number of esters is 1. The van der Waals surface area contributed by atoms with Crippen LogP contribution in [0, 0.1) is 0 Å². The number of phosphoric ester groups is 1. The van der Waals surface area contributed by atoms with Crippen LogP contribution in [0.1, 0.15) is 265 Å². The molecule has 9 nitrogen and oxygen atoms in total. The highest BCUT2D eigenvalue weighted by atomic mass is 31.2. The molecule has 0 aliphatic carbocycles. The molecule has 0 aliphatic heterocycles. The Hall–Kier alpha value is -2.55. The van der Waals surface area contributed by atoms with Crippen molar-refractivity contribution in [3.05, 3.63) is 72.9 Å². The van der Waals surface area contributed by atoms with E-state index in [9.17, 15) is 19.0 Å². The molecule has 0 aromatic rings. The minimum absolute atomic E-state index is 0.0346. The highest BCUT2D eigenvalue weighted by molar-refractivity contribution is 7.47. The fourth-order valence-corrected chi connectivity index (χ4v) is 9.11. The number of phosphoric acid groups is 1. The SMILES string of the molecule is CCCC/C=C\CCCCCCCC(=O)NC(COP(=O)(O)OCC[N+](C)(C)C)C(/C=C\CCCCCCCCCCCCC)OC(=O)CCCCCCCCC/C=C\C/C=C\C/C=C\C/C=C\CCCCC. The maximum Gasteiger partial charge on any atom is 0.472 e. The minimum Gasteiger partial charge on any atom is -0.456 e. The number of ether oxygens (including phenoxy) is 1. The van der Waals surface area contributed by atoms with Gasteiger partial charge in [-0.3, -0.25) is 18.6 Å². The zero-order chi connectivity index (χ0) is 53.6. The monoisotopic (exact) mass is 1040 g/mol. The third-order valence-electron chi connectivity index (χ3n) is 13.1. The number of nitrogens with zero attached hydrogens (tertiary/aromatic N) is 1. The summed E-state index contributed by atoms with van der Waals surface area (Å²) >= 11 is 0. The van der Waals surface area contributed by atoms with Gasteiger partial charge in [-0.05, 0) is 96.0 Å². The second-order valence-corrected chi connectivity index (χ2v) is 23.0. The quantitative estimate of drug-likeness (QED) is 0.0205. The standard InChI is InChI=1S/C63H115N2O7P/c1-7-10-13-16-19-22-25-27-28-29-30-31-32-33-34-35-36-38-41-44-47-50-53-56-63(67)72-61(54-51-48-45-42-40-37-26-23-20-17-14-11-8-2)60(59-71-73(68,69)70-58-57-65(4,5)6)64-62(66)55-52-49-46-43-39-24-21-18-15-12-9-3/h18-19,21-22,27-28,30-31,33-34,51,54,60-61H,7-17,20,23-26,29,32,35-50,52-53,55-59H2,1-6H3,(H-,64,66,68,69)/p+1/b21-18-,22-19-,28-27-,31-30-,34-33-,54-51-. The van der Waals surface area contributed by atoms with Gasteiger partial charge in [0.05, 0.1) is 33.8 Å². The molecular weight excluding hydrogens is 928 g/mol. The van der Waals surface area contributed by atoms with E-state index in [2.05, 4.69) is 86.8 Å². The molecule has 2 N–H and O–H groups in total. The minimum atomic E-state index is -4.45. The molecular formula is C63H116N2O7P+. The van der Waals surface area contributed by atoms with Crippen molar-refractivity contribution >= 4 is 19.7 Å². The summed E-state index contributed by atoms with van der Waals surface area (Å²) in [6.07, 6.45) is 67.5. The van der Waals surface area contributed by atoms with Crippen molar-refractivity contribution < 1.29 is 37.3 Å². The zero-order valence-electron chi connectivity index (χ0n) is 48.4. The number of carbonyl (C=O) groups excluding carboxylic acids is 2. The van der Waals surface area contributed by atoms with E-state index in [4.69, 9.17) is 13.8 Å². The van der Waals surface area contributed by atoms with Crippen LogP contribution in [0.3, 0.4) is 0 Å². The lowest BCUT2D eigenvalue weighted by Crippen LogP contribution is -2.47. The first kappa shape index (κ1) is 70.5. The first-order valence-electron chi connectivity index (χ1n) is 30.3. The van der Waals surface area contributed by atoms with Crippen molar-refractivity contribution in [3.8, 4) is 0 Å². The van der Waals surface area contributed by atoms with Crippen LogP contribution in [-0.4, -0.2) is 74.3 Å². The van der Waals surface area contributed by atoms with Crippen molar-refractivity contribution in [2.24, 2.45) is 0 Å². The van der Waals surface area contributed by atoms with E-state index < -0.39 is 20.0 Å². The second kappa shape index (κ2) is 52.9. The van der Waals surface area contributed by atoms with Crippen LogP contribution < -0.4 is 5.32 Å². The smallest absolute Gasteiger partial charge is 0.456 e. The third kappa shape index (κ3) is 54.1. The maximum absolute atomic E-state index is 13.5. The van der Waals surface area contributed by atoms with E-state index in [1.54, 1.807) is 0 Å². The lowest BCUT2D eigenvalue weighted by Gasteiger charge is -2.27. The number of allylic oxidation sites excluding steroid dienone is 11. The van der Waals surface area contributed by atoms with Crippen molar-refractivity contribution in [2.75, 3.05) is 40.9 Å². The normalized spacial score (nSPS) is 14.2. The van der Waals surface area contributed by atoms with Crippen molar-refractivity contribution in [1.29, 1.82) is 0 Å². The number of hydrogen-bond donors (Lipinski definition) is 2. The number of nitrogens with one attached hydrogen (secondary N) is 1. The Balaban J connectivity index is 5.24. The van der Waals surface area contributed by atoms with E-state index >= 15 is 0 Å². The van der Waals surface area contributed by atoms with Gasteiger partial charge in [0.15, 0.2) is 0 Å². The first-order valence-corrected chi connectivity index (χ1v) is 31.8. The number of quaternary nitrogens is 1. The molecule has 0 radical (unpaired) electrons. The Morgan fingerprint density at radius 1 is 0.479 bits per heavy atom. The summed E-state index contributed by atoms with van der Waals surface area (Å²) in [6.45, 7) is 6.93. The summed E-state index contributed by atoms with van der Waals surface area (Å²) in [6, 6.07) is -0.858. The molecule has 0 fully saturated rings. The van der Waals surface area contributed by atoms with Gasteiger partial charge >= 0.3 is 13.8 Å². The van der Waals surface area contributed by atoms with E-state index in [0.717, 1.165) is 116 Å². The van der Waals surface area contributed by atoms with Gasteiger partial charge in [0.2, 0.25) is 5.91 Å². The van der Waals surface area contributed by atoms with E-state index in [0.29, 0.717) is 17.4 Å². The first-order chi connectivity index (χ1) is 35.4. The second-order valence-electron chi connectivity index (χ2n) is 21.5. The summed E-state index contributed by atoms with van der Waals surface area (Å²) in [5.74, 6) is -0.528. The molecule has 0 heterocycles. The number of amides is 1. The van der Waals surface area contributed by atoms with Crippen molar-refractivity contribution in [1.82, 2.24) is 5.32 Å². The van der Waals surface area contributed by atoms with Crippen LogP contribution in [-0.2, 0) is 27.9 Å². The van der Waals surface area contributed by atoms with E-state index in [1.165, 1.54) is 116 Å². The van der Waals surface area contributed by atoms with Gasteiger partial charge in [0, 0.05) is 12.8 Å². The molecule has 0 bridgehead atoms. The lowest BCUT2D eigenvalue weighted by atomic mass is 10.0. The van der Waals surface area contributed by atoms with Crippen LogP contribution in [0.4, 0.5) is 0 Å². The summed E-state index contributed by atoms with van der Waals surface area (Å²) < 4.78 is 30.6. The van der Waals surface area contributed by atoms with Crippen LogP contribution >= 0.6 is 7.82 Å². The topological polar surface area (TPSA) is 111 Å². The summed E-state index contributed by atoms with van der Waals surface area (Å²) in [4.78, 5) is 37.6. The van der Waals surface area contributed by atoms with Crippen LogP contribution in [0.25, 0.3) is 0 Å². The summed E-state index contributed by atoms with van der Waals surface area (Å²) in [5.41, 5.74) is 0. The fraction of sp³-hybridized carbons (Fsp3) is 0.778. The number of likely N-dealkylation sites (N-methyl/N-ethyl adjacent to an activating group) is 1. The summed E-state index contributed by atoms with van der Waals surface area (Å²) in [5, 5.41) is 3.04. The highest BCUT2D eigenvalue weighted by Gasteiger charge is 2.30. The van der Waals surface area contributed by atoms with Crippen LogP contribution in [0.5, 0.6) is 0 Å². The molecule has 3 unspecified atom stereocenters. The predicted molar refractivity (Wildman–Crippen MR) is 314 cm³/mol. The Labute approximate surface area is 451 Å². The number of carbonyl (C=O) groups is 2. The number of rotatable bonds is 54. The molecule has 10 heteroatoms. The number of unbranched alkanes of at least 4 members (excludes halogenated alkanes) is 28. The molecule has 0 aliphatic rings. The molecule has 0 spiro atoms. The average molecular weight is 1040 g/mol. The Morgan fingerprint density at radius 2 is 0.849 bits per heavy atom. The molecule has 1 amide bonds. The summed E-state index contributed by atoms with van der Waals surface area (Å²) in [7, 11) is 1.48. The third-order valence-corrected chi connectivity index (χ3v) is 14.1. The van der Waals surface area contributed by atoms with Gasteiger partial charge in [-0.2, -0.15) is 0 Å². The van der Waals surface area contributed by atoms with Gasteiger partial charge in [0.1, 0.15) is 19.3 Å². The molecule has 0 saturated heterocycles. The molecule has 3 atom stereocenters. The Bertz CT molecular complexity index is 1480. The molecule has 0 aromatic carbocycles. The van der Waals surface area contributed by atoms with E-state index in [1.807, 2.05) is 33.3 Å². The van der Waals surface area contributed by atoms with Crippen molar-refractivity contribution in [2.45, 2.75) is 277 Å². The number of hydrogen-bond acceptors (Lipinski definition) is 6. The van der Waals surface area contributed by atoms with Gasteiger partial charge in [-0.1, -0.05) is 229 Å². The Kier molecular flexibility index (Phi) is 51.0. The molecule has 424 valence electrons.